The van der Waals surface area contributed by atoms with E-state index in [-0.39, 0.29) is 6.42 Å². The van der Waals surface area contributed by atoms with Gasteiger partial charge in [-0.3, -0.25) is 9.59 Å². The van der Waals surface area contributed by atoms with Crippen LogP contribution in [-0.4, -0.2) is 11.8 Å². The Balaban J connectivity index is 2.56. The fraction of sp³-hybridized carbons (Fsp3) is 0.111. The lowest BCUT2D eigenvalue weighted by Crippen LogP contribution is -2.21. The zero-order chi connectivity index (χ0) is 10.6. The van der Waals surface area contributed by atoms with Crippen molar-refractivity contribution in [2.24, 2.45) is 5.73 Å². The highest BCUT2D eigenvalue weighted by Crippen LogP contribution is 2.08. The number of carbonyl (C=O) groups excluding carboxylic acids is 2. The van der Waals surface area contributed by atoms with E-state index >= 15 is 0 Å². The molecule has 0 unspecified atom stereocenters. The van der Waals surface area contributed by atoms with Crippen molar-refractivity contribution in [3.63, 3.8) is 0 Å². The molecular formula is C9H9FN2O2. The van der Waals surface area contributed by atoms with Gasteiger partial charge in [0, 0.05) is 5.69 Å². The fourth-order valence-corrected chi connectivity index (χ4v) is 0.897. The van der Waals surface area contributed by atoms with Gasteiger partial charge in [-0.2, -0.15) is 0 Å². The molecule has 0 atom stereocenters. The van der Waals surface area contributed by atoms with E-state index in [0.717, 1.165) is 0 Å². The Kier molecular flexibility index (Phi) is 3.17. The summed E-state index contributed by atoms with van der Waals surface area (Å²) in [6.07, 6.45) is -0.378. The maximum Gasteiger partial charge on any atom is 0.233 e. The Bertz CT molecular complexity index is 348. The van der Waals surface area contributed by atoms with E-state index in [1.165, 1.54) is 24.3 Å². The van der Waals surface area contributed by atoms with E-state index in [4.69, 9.17) is 5.73 Å². The number of carbonyl (C=O) groups is 2. The van der Waals surface area contributed by atoms with Crippen molar-refractivity contribution in [2.75, 3.05) is 5.32 Å². The molecule has 14 heavy (non-hydrogen) atoms. The molecule has 1 rings (SSSR count). The maximum atomic E-state index is 12.4. The summed E-state index contributed by atoms with van der Waals surface area (Å²) in [7, 11) is 0. The highest BCUT2D eigenvalue weighted by Gasteiger charge is 2.05. The van der Waals surface area contributed by atoms with Gasteiger partial charge in [0.2, 0.25) is 11.8 Å². The van der Waals surface area contributed by atoms with Crippen LogP contribution in [0.2, 0.25) is 0 Å². The van der Waals surface area contributed by atoms with Gasteiger partial charge in [0.15, 0.2) is 0 Å². The van der Waals surface area contributed by atoms with E-state index in [9.17, 15) is 14.0 Å². The van der Waals surface area contributed by atoms with Gasteiger partial charge >= 0.3 is 0 Å². The second-order valence-corrected chi connectivity index (χ2v) is 2.70. The molecule has 4 nitrogen and oxygen atoms in total. The third kappa shape index (κ3) is 3.22. The summed E-state index contributed by atoms with van der Waals surface area (Å²) in [5.41, 5.74) is 5.24. The van der Waals surface area contributed by atoms with Crippen molar-refractivity contribution in [3.05, 3.63) is 30.1 Å². The normalized spacial score (nSPS) is 9.50. The molecule has 0 aliphatic carbocycles. The summed E-state index contributed by atoms with van der Waals surface area (Å²) in [5.74, 6) is -1.60. The van der Waals surface area contributed by atoms with Crippen LogP contribution in [0.4, 0.5) is 10.1 Å². The molecule has 0 saturated heterocycles. The minimum atomic E-state index is -0.704. The van der Waals surface area contributed by atoms with Crippen LogP contribution in [0.3, 0.4) is 0 Å². The zero-order valence-corrected chi connectivity index (χ0v) is 7.29. The third-order valence-electron chi connectivity index (χ3n) is 1.46. The highest BCUT2D eigenvalue weighted by molar-refractivity contribution is 6.02. The van der Waals surface area contributed by atoms with Crippen LogP contribution in [0.15, 0.2) is 24.3 Å². The van der Waals surface area contributed by atoms with Gasteiger partial charge in [-0.05, 0) is 24.3 Å². The number of nitrogens with two attached hydrogens (primary N) is 1. The molecule has 74 valence electrons. The van der Waals surface area contributed by atoms with E-state index in [1.807, 2.05) is 0 Å². The molecule has 0 fully saturated rings. The third-order valence-corrected chi connectivity index (χ3v) is 1.46. The Morgan fingerprint density at radius 2 is 1.86 bits per heavy atom. The standard InChI is InChI=1S/C9H9FN2O2/c10-6-1-3-7(4-2-6)12-9(14)5-8(11)13/h1-4H,5H2,(H2,11,13)(H,12,14). The summed E-state index contributed by atoms with van der Waals surface area (Å²) in [4.78, 5) is 21.4. The summed E-state index contributed by atoms with van der Waals surface area (Å²) in [6.45, 7) is 0. The van der Waals surface area contributed by atoms with Gasteiger partial charge in [0.05, 0.1) is 0 Å². The Labute approximate surface area is 79.9 Å². The quantitative estimate of drug-likeness (QED) is 0.696. The molecule has 1 aromatic rings. The van der Waals surface area contributed by atoms with Crippen LogP contribution in [0.25, 0.3) is 0 Å². The molecule has 0 saturated carbocycles. The van der Waals surface area contributed by atoms with Gasteiger partial charge in [-0.15, -0.1) is 0 Å². The van der Waals surface area contributed by atoms with Gasteiger partial charge in [0.25, 0.3) is 0 Å². The van der Waals surface area contributed by atoms with Crippen LogP contribution in [-0.2, 0) is 9.59 Å². The second kappa shape index (κ2) is 4.36. The first-order chi connectivity index (χ1) is 6.58. The molecule has 2 amide bonds. The topological polar surface area (TPSA) is 72.2 Å². The van der Waals surface area contributed by atoms with Crippen LogP contribution in [0.5, 0.6) is 0 Å². The number of hydrogen-bond donors (Lipinski definition) is 2. The van der Waals surface area contributed by atoms with Crippen LogP contribution in [0, 0.1) is 5.82 Å². The lowest BCUT2D eigenvalue weighted by molar-refractivity contribution is -0.124. The van der Waals surface area contributed by atoms with Crippen molar-refractivity contribution in [1.29, 1.82) is 0 Å². The van der Waals surface area contributed by atoms with Gasteiger partial charge in [-0.1, -0.05) is 0 Å². The van der Waals surface area contributed by atoms with E-state index < -0.39 is 17.6 Å². The van der Waals surface area contributed by atoms with Crippen LogP contribution < -0.4 is 11.1 Å². The summed E-state index contributed by atoms with van der Waals surface area (Å²) in [5, 5.41) is 2.39. The lowest BCUT2D eigenvalue weighted by atomic mass is 10.3. The van der Waals surface area contributed by atoms with Crippen molar-refractivity contribution in [1.82, 2.24) is 0 Å². The van der Waals surface area contributed by atoms with Crippen molar-refractivity contribution >= 4 is 17.5 Å². The number of hydrogen-bond acceptors (Lipinski definition) is 2. The number of primary amides is 1. The molecule has 1 aromatic carbocycles. The summed E-state index contributed by atoms with van der Waals surface area (Å²) < 4.78 is 12.4. The van der Waals surface area contributed by atoms with Crippen LogP contribution in [0.1, 0.15) is 6.42 Å². The minimum Gasteiger partial charge on any atom is -0.369 e. The Morgan fingerprint density at radius 1 is 1.29 bits per heavy atom. The molecule has 0 radical (unpaired) electrons. The first-order valence-electron chi connectivity index (χ1n) is 3.91. The number of amides is 2. The SMILES string of the molecule is NC(=O)CC(=O)Nc1ccc(F)cc1. The number of anilines is 1. The first-order valence-corrected chi connectivity index (χ1v) is 3.91. The molecule has 0 aromatic heterocycles. The predicted octanol–water partition coefficient (Wildman–Crippen LogP) is 0.640. The van der Waals surface area contributed by atoms with E-state index in [2.05, 4.69) is 5.32 Å². The fourth-order valence-electron chi connectivity index (χ4n) is 0.897. The van der Waals surface area contributed by atoms with E-state index in [1.54, 1.807) is 0 Å². The minimum absolute atomic E-state index is 0.378. The van der Waals surface area contributed by atoms with Crippen LogP contribution >= 0.6 is 0 Å². The molecule has 0 bridgehead atoms. The molecule has 0 aliphatic heterocycles. The largest absolute Gasteiger partial charge is 0.369 e. The molecule has 5 heteroatoms. The summed E-state index contributed by atoms with van der Waals surface area (Å²) >= 11 is 0. The zero-order valence-electron chi connectivity index (χ0n) is 7.29. The molecule has 0 heterocycles. The molecule has 0 aliphatic rings. The number of nitrogens with one attached hydrogen (secondary N) is 1. The van der Waals surface area contributed by atoms with Crippen molar-refractivity contribution in [3.8, 4) is 0 Å². The smallest absolute Gasteiger partial charge is 0.233 e. The second-order valence-electron chi connectivity index (χ2n) is 2.70. The van der Waals surface area contributed by atoms with Crippen molar-refractivity contribution in [2.45, 2.75) is 6.42 Å². The lowest BCUT2D eigenvalue weighted by Gasteiger charge is -2.02. The molecule has 0 spiro atoms. The van der Waals surface area contributed by atoms with Gasteiger partial charge in [-0.25, -0.2) is 4.39 Å². The highest BCUT2D eigenvalue weighted by atomic mass is 19.1. The molecular weight excluding hydrogens is 187 g/mol. The van der Waals surface area contributed by atoms with Gasteiger partial charge in [0.1, 0.15) is 12.2 Å². The monoisotopic (exact) mass is 196 g/mol. The average molecular weight is 196 g/mol. The summed E-state index contributed by atoms with van der Waals surface area (Å²) in [6, 6.07) is 5.21. The maximum absolute atomic E-state index is 12.4. The average Bonchev–Trinajstić information content (AvgIpc) is 2.07. The molecule has 3 N–H and O–H groups in total. The van der Waals surface area contributed by atoms with E-state index in [0.29, 0.717) is 5.69 Å². The predicted molar refractivity (Wildman–Crippen MR) is 48.8 cm³/mol. The number of rotatable bonds is 3. The number of benzene rings is 1. The van der Waals surface area contributed by atoms with Gasteiger partial charge < -0.3 is 11.1 Å². The van der Waals surface area contributed by atoms with Crippen molar-refractivity contribution < 1.29 is 14.0 Å². The Hall–Kier alpha value is -1.91. The number of halogens is 1. The Morgan fingerprint density at radius 3 is 2.36 bits per heavy atom. The first kappa shape index (κ1) is 10.2.